The maximum atomic E-state index is 13.3. The van der Waals surface area contributed by atoms with Crippen molar-refractivity contribution in [3.05, 3.63) is 33.0 Å². The molecular weight excluding hydrogens is 282 g/mol. The number of hydrogen-bond acceptors (Lipinski definition) is 1. The van der Waals surface area contributed by atoms with Gasteiger partial charge in [0, 0.05) is 0 Å². The molecule has 0 amide bonds. The molecule has 0 atom stereocenters. The van der Waals surface area contributed by atoms with E-state index < -0.39 is 11.6 Å². The Morgan fingerprint density at radius 3 is 2.69 bits per heavy atom. The lowest BCUT2D eigenvalue weighted by atomic mass is 10.1. The molecule has 0 unspecified atom stereocenters. The van der Waals surface area contributed by atoms with Crippen LogP contribution >= 0.6 is 39.1 Å². The van der Waals surface area contributed by atoms with E-state index in [1.165, 1.54) is 12.1 Å². The van der Waals surface area contributed by atoms with Gasteiger partial charge in [-0.3, -0.25) is 4.79 Å². The number of rotatable bonds is 2. The predicted molar refractivity (Wildman–Crippen MR) is 54.2 cm³/mol. The van der Waals surface area contributed by atoms with Crippen LogP contribution in [0, 0.1) is 5.82 Å². The molecule has 1 nitrogen and oxygen atoms in total. The van der Waals surface area contributed by atoms with Crippen molar-refractivity contribution < 1.29 is 9.18 Å². The van der Waals surface area contributed by atoms with Gasteiger partial charge in [0.05, 0.1) is 20.9 Å². The van der Waals surface area contributed by atoms with Crippen LogP contribution in [0.25, 0.3) is 0 Å². The summed E-state index contributed by atoms with van der Waals surface area (Å²) in [6, 6.07) is 2.87. The Balaban J connectivity index is 3.33. The van der Waals surface area contributed by atoms with Crippen LogP contribution in [-0.2, 0) is 0 Å². The summed E-state index contributed by atoms with van der Waals surface area (Å²) in [6.07, 6.45) is 0. The first kappa shape index (κ1) is 11.0. The fourth-order valence-electron chi connectivity index (χ4n) is 0.849. The Kier molecular flexibility index (Phi) is 3.71. The van der Waals surface area contributed by atoms with E-state index in [0.717, 1.165) is 0 Å². The van der Waals surface area contributed by atoms with E-state index in [4.69, 9.17) is 23.2 Å². The van der Waals surface area contributed by atoms with Gasteiger partial charge in [-0.25, -0.2) is 4.39 Å². The first-order valence-corrected chi connectivity index (χ1v) is 5.01. The summed E-state index contributed by atoms with van der Waals surface area (Å²) in [4.78, 5) is 11.1. The first-order chi connectivity index (χ1) is 6.07. The molecule has 0 saturated carbocycles. The number of ketones is 1. The fraction of sp³-hybridized carbons (Fsp3) is 0.125. The third-order valence-electron chi connectivity index (χ3n) is 1.44. The number of Topliss-reactive ketones (excluding diaryl/α,β-unsaturated/α-hetero) is 1. The van der Waals surface area contributed by atoms with Crippen molar-refractivity contribution in [2.45, 2.75) is 0 Å². The van der Waals surface area contributed by atoms with Gasteiger partial charge in [0.15, 0.2) is 5.78 Å². The molecule has 13 heavy (non-hydrogen) atoms. The fourth-order valence-corrected chi connectivity index (χ4v) is 1.56. The van der Waals surface area contributed by atoms with E-state index in [0.29, 0.717) is 0 Å². The second-order valence-electron chi connectivity index (χ2n) is 2.27. The highest BCUT2D eigenvalue weighted by atomic mass is 79.9. The Bertz CT molecular complexity index is 354. The highest BCUT2D eigenvalue weighted by molar-refractivity contribution is 9.10. The summed E-state index contributed by atoms with van der Waals surface area (Å²) in [5, 5.41) is 0.0753. The van der Waals surface area contributed by atoms with Crippen LogP contribution in [-0.4, -0.2) is 11.7 Å². The van der Waals surface area contributed by atoms with E-state index in [1.807, 2.05) is 0 Å². The number of carbonyl (C=O) groups excluding carboxylic acids is 1. The van der Waals surface area contributed by atoms with Gasteiger partial charge in [-0.1, -0.05) is 11.6 Å². The van der Waals surface area contributed by atoms with Gasteiger partial charge in [-0.2, -0.15) is 0 Å². The molecule has 0 aliphatic carbocycles. The minimum Gasteiger partial charge on any atom is -0.293 e. The Hall–Kier alpha value is -0.120. The van der Waals surface area contributed by atoms with Gasteiger partial charge in [0.2, 0.25) is 0 Å². The van der Waals surface area contributed by atoms with Crippen LogP contribution in [0.5, 0.6) is 0 Å². The average molecular weight is 286 g/mol. The molecule has 1 aromatic rings. The molecule has 5 heteroatoms. The van der Waals surface area contributed by atoms with Crippen LogP contribution in [0.2, 0.25) is 5.02 Å². The summed E-state index contributed by atoms with van der Waals surface area (Å²) in [5.74, 6) is -1.48. The molecule has 0 heterocycles. The van der Waals surface area contributed by atoms with Gasteiger partial charge in [-0.05, 0) is 28.1 Å². The van der Waals surface area contributed by atoms with E-state index in [-0.39, 0.29) is 20.9 Å². The van der Waals surface area contributed by atoms with E-state index in [1.54, 1.807) is 0 Å². The molecule has 70 valence electrons. The first-order valence-electron chi connectivity index (χ1n) is 3.30. The zero-order chi connectivity index (χ0) is 10.0. The number of benzene rings is 1. The van der Waals surface area contributed by atoms with Crippen LogP contribution in [0.1, 0.15) is 10.4 Å². The topological polar surface area (TPSA) is 17.1 Å². The Morgan fingerprint density at radius 2 is 2.15 bits per heavy atom. The maximum absolute atomic E-state index is 13.3. The van der Waals surface area contributed by atoms with Crippen molar-refractivity contribution in [3.8, 4) is 0 Å². The van der Waals surface area contributed by atoms with Gasteiger partial charge < -0.3 is 0 Å². The highest BCUT2D eigenvalue weighted by Crippen LogP contribution is 2.26. The number of halogens is 4. The van der Waals surface area contributed by atoms with Gasteiger partial charge in [0.1, 0.15) is 5.82 Å². The van der Waals surface area contributed by atoms with Crippen LogP contribution < -0.4 is 0 Å². The Labute approximate surface area is 93.0 Å². The van der Waals surface area contributed by atoms with Crippen molar-refractivity contribution in [2.75, 3.05) is 5.88 Å². The minimum absolute atomic E-state index is 0.0753. The largest absolute Gasteiger partial charge is 0.293 e. The number of hydrogen-bond donors (Lipinski definition) is 0. The SMILES string of the molecule is O=C(CCl)c1c(Cl)ccc(Br)c1F. The standard InChI is InChI=1S/C8H4BrCl2FO/c9-4-1-2-5(11)7(8(4)12)6(13)3-10/h1-2H,3H2. The smallest absolute Gasteiger partial charge is 0.182 e. The molecule has 0 spiro atoms. The lowest BCUT2D eigenvalue weighted by Crippen LogP contribution is -2.05. The third kappa shape index (κ3) is 2.22. The van der Waals surface area contributed by atoms with Crippen molar-refractivity contribution in [1.82, 2.24) is 0 Å². The lowest BCUT2D eigenvalue weighted by molar-refractivity contribution is 0.101. The van der Waals surface area contributed by atoms with Crippen LogP contribution in [0.15, 0.2) is 16.6 Å². The third-order valence-corrected chi connectivity index (χ3v) is 2.61. The zero-order valence-corrected chi connectivity index (χ0v) is 9.38. The average Bonchev–Trinajstić information content (AvgIpc) is 2.12. The molecule has 0 N–H and O–H groups in total. The summed E-state index contributed by atoms with van der Waals surface area (Å²) < 4.78 is 13.5. The molecule has 0 bridgehead atoms. The molecule has 0 saturated heterocycles. The van der Waals surface area contributed by atoms with Crippen molar-refractivity contribution in [1.29, 1.82) is 0 Å². The van der Waals surface area contributed by atoms with Crippen LogP contribution in [0.4, 0.5) is 4.39 Å². The molecule has 0 aromatic heterocycles. The second kappa shape index (κ2) is 4.40. The summed E-state index contributed by atoms with van der Waals surface area (Å²) in [6.45, 7) is 0. The molecule has 0 fully saturated rings. The molecule has 0 aliphatic heterocycles. The normalized spacial score (nSPS) is 10.2. The quantitative estimate of drug-likeness (QED) is 0.460. The summed E-state index contributed by atoms with van der Waals surface area (Å²) in [7, 11) is 0. The Morgan fingerprint density at radius 1 is 1.54 bits per heavy atom. The second-order valence-corrected chi connectivity index (χ2v) is 3.80. The zero-order valence-electron chi connectivity index (χ0n) is 6.28. The summed E-state index contributed by atoms with van der Waals surface area (Å²) in [5.41, 5.74) is -0.161. The molecule has 0 aliphatic rings. The summed E-state index contributed by atoms with van der Waals surface area (Å²) >= 11 is 13.9. The van der Waals surface area contributed by atoms with Crippen molar-refractivity contribution in [2.24, 2.45) is 0 Å². The molecule has 0 radical (unpaired) electrons. The lowest BCUT2D eigenvalue weighted by Gasteiger charge is -2.03. The monoisotopic (exact) mass is 284 g/mol. The molecular formula is C8H4BrCl2FO. The van der Waals surface area contributed by atoms with Crippen LogP contribution in [0.3, 0.4) is 0 Å². The molecule has 1 aromatic carbocycles. The van der Waals surface area contributed by atoms with Crippen molar-refractivity contribution >= 4 is 44.9 Å². The predicted octanol–water partition coefficient (Wildman–Crippen LogP) is 3.66. The van der Waals surface area contributed by atoms with E-state index >= 15 is 0 Å². The number of carbonyl (C=O) groups is 1. The highest BCUT2D eigenvalue weighted by Gasteiger charge is 2.17. The number of alkyl halides is 1. The minimum atomic E-state index is -0.668. The van der Waals surface area contributed by atoms with Gasteiger partial charge >= 0.3 is 0 Å². The molecule has 1 rings (SSSR count). The van der Waals surface area contributed by atoms with Gasteiger partial charge in [-0.15, -0.1) is 11.6 Å². The maximum Gasteiger partial charge on any atom is 0.182 e. The van der Waals surface area contributed by atoms with E-state index in [2.05, 4.69) is 15.9 Å². The van der Waals surface area contributed by atoms with E-state index in [9.17, 15) is 9.18 Å². The van der Waals surface area contributed by atoms with Crippen molar-refractivity contribution in [3.63, 3.8) is 0 Å². The van der Waals surface area contributed by atoms with Gasteiger partial charge in [0.25, 0.3) is 0 Å².